The standard InChI is InChI=1S/C18H16N2.C3H7NO2/c1-20-13-12-15(17-4-2-3-5-18(17)20)9-6-14-7-10-16(19)11-8-14;1-2(4)3(5)6/h2-13,19H,1H3;2H,4H2,1H3,(H,5,6)/p+1. The Balaban J connectivity index is 0.000000352. The number of anilines is 1. The zero-order valence-electron chi connectivity index (χ0n) is 15.0. The highest BCUT2D eigenvalue weighted by atomic mass is 16.4. The number of nitrogen functional groups attached to an aromatic ring is 1. The van der Waals surface area contributed by atoms with Crippen molar-refractivity contribution in [1.82, 2.24) is 0 Å². The molecule has 0 saturated heterocycles. The van der Waals surface area contributed by atoms with Gasteiger partial charge in [0.15, 0.2) is 6.20 Å². The van der Waals surface area contributed by atoms with Crippen LogP contribution in [0, 0.1) is 0 Å². The summed E-state index contributed by atoms with van der Waals surface area (Å²) in [5.41, 5.74) is 14.9. The molecule has 0 aliphatic heterocycles. The number of para-hydroxylation sites is 1. The molecule has 1 atom stereocenters. The van der Waals surface area contributed by atoms with Crippen molar-refractivity contribution in [2.75, 3.05) is 5.73 Å². The van der Waals surface area contributed by atoms with Gasteiger partial charge in [0.2, 0.25) is 5.52 Å². The maximum absolute atomic E-state index is 9.57. The lowest BCUT2D eigenvalue weighted by Crippen LogP contribution is -2.28. The van der Waals surface area contributed by atoms with E-state index in [-0.39, 0.29) is 0 Å². The molecule has 2 aromatic carbocycles. The number of aliphatic carboxylic acids is 1. The molecule has 0 aliphatic carbocycles. The summed E-state index contributed by atoms with van der Waals surface area (Å²) in [5, 5.41) is 9.12. The lowest BCUT2D eigenvalue weighted by molar-refractivity contribution is -0.644. The zero-order valence-corrected chi connectivity index (χ0v) is 15.0. The van der Waals surface area contributed by atoms with E-state index in [9.17, 15) is 4.79 Å². The van der Waals surface area contributed by atoms with E-state index >= 15 is 0 Å². The number of benzene rings is 2. The molecular weight excluding hydrogens is 326 g/mol. The molecule has 0 saturated carbocycles. The van der Waals surface area contributed by atoms with Gasteiger partial charge >= 0.3 is 5.97 Å². The number of nitrogens with zero attached hydrogens (tertiary/aromatic N) is 1. The van der Waals surface area contributed by atoms with Crippen molar-refractivity contribution in [1.29, 1.82) is 0 Å². The van der Waals surface area contributed by atoms with Crippen molar-refractivity contribution < 1.29 is 14.5 Å². The minimum atomic E-state index is -0.963. The Morgan fingerprint density at radius 1 is 1.08 bits per heavy atom. The van der Waals surface area contributed by atoms with E-state index in [1.165, 1.54) is 23.4 Å². The Morgan fingerprint density at radius 3 is 2.31 bits per heavy atom. The van der Waals surface area contributed by atoms with Crippen LogP contribution in [0.25, 0.3) is 23.1 Å². The first-order chi connectivity index (χ1) is 12.4. The second kappa shape index (κ2) is 8.78. The predicted octanol–water partition coefficient (Wildman–Crippen LogP) is 2.84. The molecule has 134 valence electrons. The number of carbonyl (C=O) groups is 1. The van der Waals surface area contributed by atoms with Gasteiger partial charge in [-0.05, 0) is 36.2 Å². The van der Waals surface area contributed by atoms with Gasteiger partial charge in [0.05, 0.1) is 5.39 Å². The van der Waals surface area contributed by atoms with Crippen LogP contribution >= 0.6 is 0 Å². The Kier molecular flexibility index (Phi) is 6.47. The number of carboxylic acid groups (broad SMARTS) is 1. The van der Waals surface area contributed by atoms with Gasteiger partial charge in [-0.15, -0.1) is 0 Å². The molecule has 0 aliphatic rings. The van der Waals surface area contributed by atoms with Crippen molar-refractivity contribution in [3.63, 3.8) is 0 Å². The van der Waals surface area contributed by atoms with Crippen LogP contribution in [0.15, 0.2) is 60.8 Å². The smallest absolute Gasteiger partial charge is 0.320 e. The first-order valence-electron chi connectivity index (χ1n) is 8.28. The molecule has 5 nitrogen and oxygen atoms in total. The highest BCUT2D eigenvalue weighted by molar-refractivity contribution is 5.88. The van der Waals surface area contributed by atoms with Gasteiger partial charge in [-0.3, -0.25) is 4.79 Å². The lowest BCUT2D eigenvalue weighted by atomic mass is 10.1. The zero-order chi connectivity index (χ0) is 19.1. The van der Waals surface area contributed by atoms with Gasteiger partial charge in [-0.25, -0.2) is 4.57 Å². The van der Waals surface area contributed by atoms with Crippen LogP contribution in [0.3, 0.4) is 0 Å². The first kappa shape index (κ1) is 19.1. The van der Waals surface area contributed by atoms with E-state index in [0.717, 1.165) is 11.3 Å². The highest BCUT2D eigenvalue weighted by Gasteiger charge is 2.06. The molecule has 5 N–H and O–H groups in total. The largest absolute Gasteiger partial charge is 0.480 e. The predicted molar refractivity (Wildman–Crippen MR) is 106 cm³/mol. The average Bonchev–Trinajstić information content (AvgIpc) is 2.63. The fourth-order valence-electron chi connectivity index (χ4n) is 2.33. The fourth-order valence-corrected chi connectivity index (χ4v) is 2.33. The number of aromatic nitrogens is 1. The molecule has 0 amide bonds. The summed E-state index contributed by atoms with van der Waals surface area (Å²) in [6.45, 7) is 1.42. The third-order valence-electron chi connectivity index (χ3n) is 3.85. The van der Waals surface area contributed by atoms with E-state index in [1.807, 2.05) is 24.3 Å². The quantitative estimate of drug-likeness (QED) is 0.500. The van der Waals surface area contributed by atoms with Gasteiger partial charge < -0.3 is 16.6 Å². The minimum Gasteiger partial charge on any atom is -0.480 e. The Bertz CT molecular complexity index is 916. The summed E-state index contributed by atoms with van der Waals surface area (Å²) in [7, 11) is 2.07. The number of nitrogens with two attached hydrogens (primary N) is 2. The van der Waals surface area contributed by atoms with Gasteiger partial charge in [-0.2, -0.15) is 0 Å². The van der Waals surface area contributed by atoms with E-state index in [1.54, 1.807) is 0 Å². The fraction of sp³-hybridized carbons (Fsp3) is 0.143. The molecule has 0 bridgehead atoms. The lowest BCUT2D eigenvalue weighted by Gasteiger charge is -2.01. The third-order valence-corrected chi connectivity index (χ3v) is 3.85. The molecule has 3 rings (SSSR count). The summed E-state index contributed by atoms with van der Waals surface area (Å²) in [6.07, 6.45) is 6.35. The van der Waals surface area contributed by atoms with Crippen LogP contribution in [0.4, 0.5) is 5.69 Å². The van der Waals surface area contributed by atoms with E-state index in [4.69, 9.17) is 16.6 Å². The van der Waals surface area contributed by atoms with Crippen LogP contribution < -0.4 is 16.0 Å². The van der Waals surface area contributed by atoms with E-state index in [0.29, 0.717) is 0 Å². The number of rotatable bonds is 3. The summed E-state index contributed by atoms with van der Waals surface area (Å²) < 4.78 is 2.13. The van der Waals surface area contributed by atoms with E-state index < -0.39 is 12.0 Å². The summed E-state index contributed by atoms with van der Waals surface area (Å²) in [5.74, 6) is -0.963. The molecular formula is C21H24N3O2+. The number of hydrogen-bond acceptors (Lipinski definition) is 3. The van der Waals surface area contributed by atoms with Crippen LogP contribution in [-0.4, -0.2) is 17.1 Å². The molecule has 0 radical (unpaired) electrons. The second-order valence-corrected chi connectivity index (χ2v) is 6.03. The molecule has 26 heavy (non-hydrogen) atoms. The average molecular weight is 350 g/mol. The normalized spacial score (nSPS) is 11.8. The third kappa shape index (κ3) is 5.16. The monoisotopic (exact) mass is 350 g/mol. The summed E-state index contributed by atoms with van der Waals surface area (Å²) >= 11 is 0. The summed E-state index contributed by atoms with van der Waals surface area (Å²) in [4.78, 5) is 9.57. The first-order valence-corrected chi connectivity index (χ1v) is 8.28. The van der Waals surface area contributed by atoms with Crippen molar-refractivity contribution >= 4 is 34.7 Å². The number of hydrogen-bond donors (Lipinski definition) is 3. The number of carboxylic acids is 1. The van der Waals surface area contributed by atoms with E-state index in [2.05, 4.69) is 60.3 Å². The topological polar surface area (TPSA) is 93.2 Å². The van der Waals surface area contributed by atoms with Gasteiger partial charge in [0.25, 0.3) is 0 Å². The number of pyridine rings is 1. The van der Waals surface area contributed by atoms with Gasteiger partial charge in [0.1, 0.15) is 13.1 Å². The maximum Gasteiger partial charge on any atom is 0.320 e. The van der Waals surface area contributed by atoms with Crippen molar-refractivity contribution in [3.8, 4) is 0 Å². The Labute approximate surface area is 153 Å². The SMILES string of the molecule is CC(N)C(=O)O.C[n+]1ccc(C=Cc2ccc(N)cc2)c2ccccc21. The highest BCUT2D eigenvalue weighted by Crippen LogP contribution is 2.18. The van der Waals surface area contributed by atoms with Crippen LogP contribution in [0.1, 0.15) is 18.1 Å². The molecule has 1 heterocycles. The van der Waals surface area contributed by atoms with Crippen molar-refractivity contribution in [2.45, 2.75) is 13.0 Å². The van der Waals surface area contributed by atoms with Gasteiger partial charge in [-0.1, -0.05) is 36.4 Å². The summed E-state index contributed by atoms with van der Waals surface area (Å²) in [6, 6.07) is 17.7. The molecule has 3 aromatic rings. The van der Waals surface area contributed by atoms with Gasteiger partial charge in [0, 0.05) is 17.8 Å². The maximum atomic E-state index is 9.57. The Hall–Kier alpha value is -3.18. The van der Waals surface area contributed by atoms with Crippen LogP contribution in [0.2, 0.25) is 0 Å². The van der Waals surface area contributed by atoms with Crippen molar-refractivity contribution in [2.24, 2.45) is 12.8 Å². The van der Waals surface area contributed by atoms with Crippen LogP contribution in [-0.2, 0) is 11.8 Å². The number of fused-ring (bicyclic) bond motifs is 1. The van der Waals surface area contributed by atoms with Crippen molar-refractivity contribution in [3.05, 3.63) is 71.9 Å². The van der Waals surface area contributed by atoms with Crippen LogP contribution in [0.5, 0.6) is 0 Å². The molecule has 5 heteroatoms. The molecule has 1 aromatic heterocycles. The minimum absolute atomic E-state index is 0.731. The molecule has 0 spiro atoms. The Morgan fingerprint density at radius 2 is 1.69 bits per heavy atom. The number of aryl methyl sites for hydroxylation is 1. The second-order valence-electron chi connectivity index (χ2n) is 6.03. The molecule has 0 fully saturated rings. The molecule has 1 unspecified atom stereocenters.